The van der Waals surface area contributed by atoms with E-state index in [4.69, 9.17) is 4.74 Å². The Hall–Kier alpha value is -4.36. The van der Waals surface area contributed by atoms with Crippen LogP contribution in [-0.4, -0.2) is 53.1 Å². The van der Waals surface area contributed by atoms with Crippen LogP contribution in [0.15, 0.2) is 121 Å². The average Bonchev–Trinajstić information content (AvgIpc) is 2.96. The van der Waals surface area contributed by atoms with Crippen LogP contribution in [-0.2, 0) is 4.74 Å². The lowest BCUT2D eigenvalue weighted by Crippen LogP contribution is -2.53. The summed E-state index contributed by atoms with van der Waals surface area (Å²) in [5, 5.41) is 7.50. The summed E-state index contributed by atoms with van der Waals surface area (Å²) < 4.78 is 6.25. The van der Waals surface area contributed by atoms with E-state index in [-0.39, 0.29) is 0 Å². The van der Waals surface area contributed by atoms with Crippen LogP contribution in [0.25, 0.3) is 32.3 Å². The first-order chi connectivity index (χ1) is 19.8. The second-order valence-electron chi connectivity index (χ2n) is 12.2. The first-order valence-corrected chi connectivity index (χ1v) is 14.3. The minimum atomic E-state index is -1.10. The summed E-state index contributed by atoms with van der Waals surface area (Å²) in [4.78, 5) is 0. The lowest BCUT2D eigenvalue weighted by Gasteiger charge is -2.29. The fourth-order valence-corrected chi connectivity index (χ4v) is 5.49. The van der Waals surface area contributed by atoms with Gasteiger partial charge in [0.05, 0.1) is 34.9 Å². The Balaban J connectivity index is 0.000000623. The molecule has 2 nitrogen and oxygen atoms in total. The Morgan fingerprint density at radius 2 is 0.976 bits per heavy atom. The van der Waals surface area contributed by atoms with E-state index < -0.39 is 6.71 Å². The summed E-state index contributed by atoms with van der Waals surface area (Å²) in [7, 11) is 10.2. The van der Waals surface area contributed by atoms with E-state index in [1.807, 2.05) is 0 Å². The van der Waals surface area contributed by atoms with Gasteiger partial charge in [-0.15, -0.1) is 0 Å². The van der Waals surface area contributed by atoms with Crippen LogP contribution in [0, 0.1) is 11.8 Å². The molecule has 0 saturated carbocycles. The van der Waals surface area contributed by atoms with Crippen LogP contribution in [0.2, 0.25) is 0 Å². The molecule has 0 radical (unpaired) electrons. The highest BCUT2D eigenvalue weighted by Crippen LogP contribution is 2.18. The second kappa shape index (κ2) is 12.4. The standard InChI is InChI=1S/C34H26BO.C4H12N/c1-36-20-8-15-31-21-27-11-6-7-14-30(27)24-34(31)35(32-18-16-25-9-2-4-12-28(25)22-32)33-19-17-26-10-3-5-13-29(26)23-33;1-5(2,3)4/h2-7,9-14,16-19,21-24,35H,20H2,1H3;1-4H3/q-1;+1. The fraction of sp³-hybridized carbons (Fsp3) is 0.158. The maximum absolute atomic E-state index is 5.25. The van der Waals surface area contributed by atoms with Crippen molar-refractivity contribution >= 4 is 55.4 Å². The van der Waals surface area contributed by atoms with Crippen molar-refractivity contribution in [2.24, 2.45) is 0 Å². The zero-order chi connectivity index (χ0) is 28.8. The molecule has 0 aromatic heterocycles. The number of nitrogens with zero attached hydrogens (tertiary/aromatic N) is 1. The van der Waals surface area contributed by atoms with Crippen LogP contribution in [0.4, 0.5) is 0 Å². The predicted molar refractivity (Wildman–Crippen MR) is 181 cm³/mol. The molecule has 0 fully saturated rings. The van der Waals surface area contributed by atoms with Gasteiger partial charge in [-0.2, -0.15) is 5.46 Å². The van der Waals surface area contributed by atoms with Crippen LogP contribution in [0.5, 0.6) is 0 Å². The van der Waals surface area contributed by atoms with Gasteiger partial charge in [0.15, 0.2) is 0 Å². The molecule has 6 aromatic rings. The summed E-state index contributed by atoms with van der Waals surface area (Å²) in [6, 6.07) is 44.2. The van der Waals surface area contributed by atoms with Crippen molar-refractivity contribution in [3.05, 3.63) is 127 Å². The predicted octanol–water partition coefficient (Wildman–Crippen LogP) is 5.72. The molecule has 6 rings (SSSR count). The zero-order valence-corrected chi connectivity index (χ0v) is 24.8. The van der Waals surface area contributed by atoms with Crippen LogP contribution in [0.3, 0.4) is 0 Å². The van der Waals surface area contributed by atoms with Gasteiger partial charge in [-0.1, -0.05) is 127 Å². The lowest BCUT2D eigenvalue weighted by molar-refractivity contribution is -0.849. The maximum Gasteiger partial charge on any atom is 0.107 e. The largest absolute Gasteiger partial charge is 0.372 e. The topological polar surface area (TPSA) is 9.23 Å². The molecule has 0 aliphatic heterocycles. The lowest BCUT2D eigenvalue weighted by atomic mass is 9.36. The van der Waals surface area contributed by atoms with E-state index in [0.717, 1.165) is 10.0 Å². The molecule has 0 aliphatic carbocycles. The molecular formula is C38H38BNO. The number of fused-ring (bicyclic) bond motifs is 3. The van der Waals surface area contributed by atoms with E-state index in [1.54, 1.807) is 7.11 Å². The SMILES string of the molecule is COCC#Cc1cc2ccccc2cc1[BH-](c1ccc2ccccc2c1)c1ccc2ccccc2c1.C[N+](C)(C)C. The smallest absolute Gasteiger partial charge is 0.107 e. The Kier molecular flexibility index (Phi) is 8.55. The number of methoxy groups -OCH3 is 1. The average molecular weight is 536 g/mol. The van der Waals surface area contributed by atoms with E-state index in [1.165, 1.54) is 48.7 Å². The van der Waals surface area contributed by atoms with Crippen molar-refractivity contribution in [1.29, 1.82) is 0 Å². The minimum absolute atomic E-state index is 0.415. The van der Waals surface area contributed by atoms with Crippen molar-refractivity contribution in [1.82, 2.24) is 0 Å². The van der Waals surface area contributed by atoms with Gasteiger partial charge in [-0.05, 0) is 43.9 Å². The number of ether oxygens (including phenoxy) is 1. The van der Waals surface area contributed by atoms with Gasteiger partial charge in [0.25, 0.3) is 0 Å². The van der Waals surface area contributed by atoms with Gasteiger partial charge in [-0.25, -0.2) is 10.9 Å². The zero-order valence-electron chi connectivity index (χ0n) is 24.8. The Labute approximate surface area is 244 Å². The Morgan fingerprint density at radius 1 is 0.561 bits per heavy atom. The molecule has 0 bridgehead atoms. The van der Waals surface area contributed by atoms with E-state index in [9.17, 15) is 0 Å². The Morgan fingerprint density at radius 3 is 1.44 bits per heavy atom. The molecule has 0 amide bonds. The molecule has 0 N–H and O–H groups in total. The molecule has 204 valence electrons. The highest BCUT2D eigenvalue weighted by Gasteiger charge is 2.15. The molecule has 6 aromatic carbocycles. The van der Waals surface area contributed by atoms with Crippen molar-refractivity contribution in [2.45, 2.75) is 0 Å². The third kappa shape index (κ3) is 7.05. The van der Waals surface area contributed by atoms with Crippen molar-refractivity contribution in [3.8, 4) is 11.8 Å². The molecule has 41 heavy (non-hydrogen) atoms. The van der Waals surface area contributed by atoms with Gasteiger partial charge in [0.1, 0.15) is 6.61 Å². The number of rotatable bonds is 4. The fourth-order valence-electron chi connectivity index (χ4n) is 5.49. The molecule has 3 heteroatoms. The van der Waals surface area contributed by atoms with Crippen molar-refractivity contribution in [2.75, 3.05) is 41.9 Å². The van der Waals surface area contributed by atoms with Gasteiger partial charge < -0.3 is 9.22 Å². The van der Waals surface area contributed by atoms with Crippen molar-refractivity contribution < 1.29 is 9.22 Å². The summed E-state index contributed by atoms with van der Waals surface area (Å²) >= 11 is 0. The molecule has 0 saturated heterocycles. The Bertz CT molecular complexity index is 1790. The summed E-state index contributed by atoms with van der Waals surface area (Å²) in [6.45, 7) is -0.689. The molecule has 0 spiro atoms. The van der Waals surface area contributed by atoms with Crippen molar-refractivity contribution in [3.63, 3.8) is 0 Å². The number of hydrogen-bond donors (Lipinski definition) is 0. The van der Waals surface area contributed by atoms with E-state index in [0.29, 0.717) is 6.61 Å². The summed E-state index contributed by atoms with van der Waals surface area (Å²) in [5.74, 6) is 6.66. The van der Waals surface area contributed by atoms with E-state index in [2.05, 4.69) is 161 Å². The first kappa shape index (κ1) is 28.2. The number of benzene rings is 6. The normalized spacial score (nSPS) is 11.3. The highest BCUT2D eigenvalue weighted by atomic mass is 16.5. The highest BCUT2D eigenvalue weighted by molar-refractivity contribution is 6.96. The van der Waals surface area contributed by atoms with E-state index >= 15 is 0 Å². The first-order valence-electron chi connectivity index (χ1n) is 14.3. The monoisotopic (exact) mass is 535 g/mol. The summed E-state index contributed by atoms with van der Waals surface area (Å²) in [6.07, 6.45) is 0. The van der Waals surface area contributed by atoms with Gasteiger partial charge in [0.2, 0.25) is 0 Å². The van der Waals surface area contributed by atoms with Crippen LogP contribution >= 0.6 is 0 Å². The third-order valence-electron chi connectivity index (χ3n) is 7.24. The van der Waals surface area contributed by atoms with Crippen LogP contribution in [0.1, 0.15) is 5.56 Å². The molecule has 0 heterocycles. The minimum Gasteiger partial charge on any atom is -0.372 e. The van der Waals surface area contributed by atoms with Gasteiger partial charge in [0, 0.05) is 7.11 Å². The number of hydrogen-bond acceptors (Lipinski definition) is 1. The second-order valence-corrected chi connectivity index (χ2v) is 12.2. The van der Waals surface area contributed by atoms with Gasteiger partial charge in [-0.3, -0.25) is 0 Å². The summed E-state index contributed by atoms with van der Waals surface area (Å²) in [5.41, 5.74) is 5.05. The molecule has 0 aliphatic rings. The third-order valence-corrected chi connectivity index (χ3v) is 7.24. The van der Waals surface area contributed by atoms with Gasteiger partial charge >= 0.3 is 0 Å². The molecular weight excluding hydrogens is 497 g/mol. The molecule has 0 unspecified atom stereocenters. The number of quaternary nitrogens is 1. The molecule has 0 atom stereocenters. The van der Waals surface area contributed by atoms with Crippen LogP contribution < -0.4 is 16.4 Å². The quantitative estimate of drug-likeness (QED) is 0.160. The maximum atomic E-state index is 5.25.